The zero-order valence-corrected chi connectivity index (χ0v) is 17.7. The lowest BCUT2D eigenvalue weighted by atomic mass is 9.87. The molecule has 2 N–H and O–H groups in total. The molecule has 1 aliphatic carbocycles. The van der Waals surface area contributed by atoms with Gasteiger partial charge in [-0.15, -0.1) is 0 Å². The van der Waals surface area contributed by atoms with Gasteiger partial charge in [0.2, 0.25) is 5.91 Å². The summed E-state index contributed by atoms with van der Waals surface area (Å²) in [5, 5.41) is 6.17. The van der Waals surface area contributed by atoms with Crippen molar-refractivity contribution in [1.82, 2.24) is 5.32 Å². The van der Waals surface area contributed by atoms with E-state index in [-0.39, 0.29) is 23.8 Å². The summed E-state index contributed by atoms with van der Waals surface area (Å²) < 4.78 is 5.85. The van der Waals surface area contributed by atoms with Crippen LogP contribution < -0.4 is 15.4 Å². The first-order valence-corrected chi connectivity index (χ1v) is 10.9. The number of anilines is 1. The number of carbonyl (C=O) groups excluding carboxylic acids is 2. The SMILES string of the molecule is Cc1ccc(C(=O)Nc2ccc3c(c2)CC(C(=O)NC2CCC(C)CC2)CO3)cc1. The van der Waals surface area contributed by atoms with Crippen LogP contribution in [0.15, 0.2) is 42.5 Å². The van der Waals surface area contributed by atoms with Crippen LogP contribution in [0.4, 0.5) is 5.69 Å². The molecular formula is C25H30N2O3. The van der Waals surface area contributed by atoms with Crippen LogP contribution in [0.2, 0.25) is 0 Å². The van der Waals surface area contributed by atoms with Gasteiger partial charge in [0.15, 0.2) is 0 Å². The van der Waals surface area contributed by atoms with Gasteiger partial charge in [-0.25, -0.2) is 0 Å². The van der Waals surface area contributed by atoms with Gasteiger partial charge in [0.25, 0.3) is 5.91 Å². The standard InChI is InChI=1S/C25H30N2O3/c1-16-3-7-18(8-4-16)24(28)27-22-11-12-23-19(14-22)13-20(15-30-23)25(29)26-21-9-5-17(2)6-10-21/h3-4,7-8,11-12,14,17,20-21H,5-6,9-10,13,15H2,1-2H3,(H,26,29)(H,27,28). The third-order valence-electron chi connectivity index (χ3n) is 6.27. The van der Waals surface area contributed by atoms with E-state index in [1.165, 1.54) is 12.8 Å². The first kappa shape index (κ1) is 20.5. The van der Waals surface area contributed by atoms with Crippen LogP contribution >= 0.6 is 0 Å². The van der Waals surface area contributed by atoms with Gasteiger partial charge in [0, 0.05) is 17.3 Å². The Bertz CT molecular complexity index is 914. The van der Waals surface area contributed by atoms with Gasteiger partial charge in [0.05, 0.1) is 5.92 Å². The quantitative estimate of drug-likeness (QED) is 0.786. The molecular weight excluding hydrogens is 376 g/mol. The Balaban J connectivity index is 1.38. The second kappa shape index (κ2) is 8.90. The summed E-state index contributed by atoms with van der Waals surface area (Å²) in [4.78, 5) is 25.3. The van der Waals surface area contributed by atoms with E-state index in [1.54, 1.807) is 0 Å². The van der Waals surface area contributed by atoms with Crippen molar-refractivity contribution in [3.05, 3.63) is 59.2 Å². The lowest BCUT2D eigenvalue weighted by molar-refractivity contribution is -0.127. The predicted octanol–water partition coefficient (Wildman–Crippen LogP) is 4.49. The van der Waals surface area contributed by atoms with Gasteiger partial charge in [-0.2, -0.15) is 0 Å². The van der Waals surface area contributed by atoms with Crippen molar-refractivity contribution < 1.29 is 14.3 Å². The highest BCUT2D eigenvalue weighted by Crippen LogP contribution is 2.31. The minimum Gasteiger partial charge on any atom is -0.492 e. The number of hydrogen-bond donors (Lipinski definition) is 2. The Hall–Kier alpha value is -2.82. The van der Waals surface area contributed by atoms with Gasteiger partial charge < -0.3 is 15.4 Å². The summed E-state index contributed by atoms with van der Waals surface area (Å²) in [7, 11) is 0. The van der Waals surface area contributed by atoms with Crippen molar-refractivity contribution in [3.63, 3.8) is 0 Å². The number of amides is 2. The maximum atomic E-state index is 12.8. The van der Waals surface area contributed by atoms with Gasteiger partial charge >= 0.3 is 0 Å². The topological polar surface area (TPSA) is 67.4 Å². The van der Waals surface area contributed by atoms with Gasteiger partial charge in [0.1, 0.15) is 12.4 Å². The molecule has 0 saturated heterocycles. The molecule has 0 aromatic heterocycles. The van der Waals surface area contributed by atoms with Crippen molar-refractivity contribution in [2.75, 3.05) is 11.9 Å². The summed E-state index contributed by atoms with van der Waals surface area (Å²) in [5.41, 5.74) is 3.41. The number of benzene rings is 2. The molecule has 2 aromatic carbocycles. The second-order valence-electron chi connectivity index (χ2n) is 8.82. The third kappa shape index (κ3) is 4.84. The molecule has 1 heterocycles. The Morgan fingerprint density at radius 3 is 2.47 bits per heavy atom. The molecule has 2 aromatic rings. The highest BCUT2D eigenvalue weighted by atomic mass is 16.5. The molecule has 158 valence electrons. The Labute approximate surface area is 178 Å². The average Bonchev–Trinajstić information content (AvgIpc) is 2.75. The number of rotatable bonds is 4. The van der Waals surface area contributed by atoms with Crippen LogP contribution in [-0.4, -0.2) is 24.5 Å². The van der Waals surface area contributed by atoms with Gasteiger partial charge in [-0.3, -0.25) is 9.59 Å². The summed E-state index contributed by atoms with van der Waals surface area (Å²) >= 11 is 0. The molecule has 5 nitrogen and oxygen atoms in total. The van der Waals surface area contributed by atoms with Crippen LogP contribution in [-0.2, 0) is 11.2 Å². The number of fused-ring (bicyclic) bond motifs is 1. The molecule has 30 heavy (non-hydrogen) atoms. The van der Waals surface area contributed by atoms with Crippen LogP contribution in [0.3, 0.4) is 0 Å². The van der Waals surface area contributed by atoms with Crippen molar-refractivity contribution in [2.24, 2.45) is 11.8 Å². The fraction of sp³-hybridized carbons (Fsp3) is 0.440. The van der Waals surface area contributed by atoms with Crippen LogP contribution in [0.25, 0.3) is 0 Å². The number of nitrogens with one attached hydrogen (secondary N) is 2. The van der Waals surface area contributed by atoms with E-state index in [1.807, 2.05) is 49.4 Å². The lowest BCUT2D eigenvalue weighted by Gasteiger charge is -2.30. The summed E-state index contributed by atoms with van der Waals surface area (Å²) in [6.45, 7) is 4.67. The Kier molecular flexibility index (Phi) is 6.07. The molecule has 0 radical (unpaired) electrons. The number of ether oxygens (including phenoxy) is 1. The zero-order chi connectivity index (χ0) is 21.1. The monoisotopic (exact) mass is 406 g/mol. The Morgan fingerprint density at radius 1 is 1.00 bits per heavy atom. The van der Waals surface area contributed by atoms with E-state index < -0.39 is 0 Å². The van der Waals surface area contributed by atoms with Crippen molar-refractivity contribution in [2.45, 2.75) is 52.0 Å². The van der Waals surface area contributed by atoms with Gasteiger partial charge in [-0.05, 0) is 80.8 Å². The molecule has 0 spiro atoms. The second-order valence-corrected chi connectivity index (χ2v) is 8.82. The van der Waals surface area contributed by atoms with E-state index in [9.17, 15) is 9.59 Å². The van der Waals surface area contributed by atoms with Crippen molar-refractivity contribution >= 4 is 17.5 Å². The molecule has 1 aliphatic heterocycles. The third-order valence-corrected chi connectivity index (χ3v) is 6.27. The van der Waals surface area contributed by atoms with Crippen LogP contribution in [0.1, 0.15) is 54.1 Å². The Morgan fingerprint density at radius 2 is 1.73 bits per heavy atom. The molecule has 2 aliphatic rings. The fourth-order valence-corrected chi connectivity index (χ4v) is 4.27. The summed E-state index contributed by atoms with van der Waals surface area (Å²) in [6, 6.07) is 13.4. The maximum absolute atomic E-state index is 12.8. The van der Waals surface area contributed by atoms with E-state index >= 15 is 0 Å². The smallest absolute Gasteiger partial charge is 0.255 e. The zero-order valence-electron chi connectivity index (χ0n) is 17.7. The predicted molar refractivity (Wildman–Crippen MR) is 118 cm³/mol. The minimum atomic E-state index is -0.195. The normalized spacial score (nSPS) is 23.1. The molecule has 1 unspecified atom stereocenters. The first-order chi connectivity index (χ1) is 14.5. The van der Waals surface area contributed by atoms with Crippen molar-refractivity contribution in [1.29, 1.82) is 0 Å². The highest BCUT2D eigenvalue weighted by Gasteiger charge is 2.29. The molecule has 1 atom stereocenters. The van der Waals surface area contributed by atoms with E-state index in [2.05, 4.69) is 17.6 Å². The summed E-state index contributed by atoms with van der Waals surface area (Å²) in [5.74, 6) is 1.29. The van der Waals surface area contributed by atoms with Crippen molar-refractivity contribution in [3.8, 4) is 5.75 Å². The first-order valence-electron chi connectivity index (χ1n) is 10.9. The van der Waals surface area contributed by atoms with Crippen LogP contribution in [0.5, 0.6) is 5.75 Å². The number of hydrogen-bond acceptors (Lipinski definition) is 3. The number of carbonyl (C=O) groups is 2. The molecule has 4 rings (SSSR count). The van der Waals surface area contributed by atoms with Crippen LogP contribution in [0, 0.1) is 18.8 Å². The molecule has 0 bridgehead atoms. The molecule has 1 saturated carbocycles. The number of aryl methyl sites for hydroxylation is 1. The molecule has 1 fully saturated rings. The fourth-order valence-electron chi connectivity index (χ4n) is 4.27. The molecule has 2 amide bonds. The van der Waals surface area contributed by atoms with Gasteiger partial charge in [-0.1, -0.05) is 24.6 Å². The van der Waals surface area contributed by atoms with E-state index in [0.29, 0.717) is 24.3 Å². The minimum absolute atomic E-state index is 0.0781. The largest absolute Gasteiger partial charge is 0.492 e. The lowest BCUT2D eigenvalue weighted by Crippen LogP contribution is -2.43. The maximum Gasteiger partial charge on any atom is 0.255 e. The van der Waals surface area contributed by atoms with E-state index in [0.717, 1.165) is 35.6 Å². The molecule has 5 heteroatoms. The highest BCUT2D eigenvalue weighted by molar-refractivity contribution is 6.04. The summed E-state index contributed by atoms with van der Waals surface area (Å²) in [6.07, 6.45) is 5.11. The average molecular weight is 407 g/mol. The van der Waals surface area contributed by atoms with E-state index in [4.69, 9.17) is 4.74 Å².